The number of carbonyl (C=O) groups is 2. The summed E-state index contributed by atoms with van der Waals surface area (Å²) in [7, 11) is 0. The Morgan fingerprint density at radius 3 is 2.54 bits per heavy atom. The Bertz CT molecular complexity index is 911. The molecule has 0 aromatic carbocycles. The Kier molecular flexibility index (Phi) is 6.89. The average Bonchev–Trinajstić information content (AvgIpc) is 3.10. The number of piperidine rings is 1. The third-order valence-electron chi connectivity index (χ3n) is 4.05. The van der Waals surface area contributed by atoms with E-state index in [4.69, 9.17) is 23.2 Å². The lowest BCUT2D eigenvalue weighted by atomic mass is 9.97. The van der Waals surface area contributed by atoms with Crippen molar-refractivity contribution in [1.29, 1.82) is 0 Å². The fraction of sp³-hybridized carbons (Fsp3) is 0.312. The normalized spacial score (nSPS) is 14.6. The number of rotatable bonds is 5. The van der Waals surface area contributed by atoms with Crippen molar-refractivity contribution in [3.8, 4) is 0 Å². The molecule has 1 saturated heterocycles. The number of nitrogens with one attached hydrogen (secondary N) is 2. The summed E-state index contributed by atoms with van der Waals surface area (Å²) in [5, 5.41) is 17.4. The van der Waals surface area contributed by atoms with Gasteiger partial charge in [-0.3, -0.25) is 30.0 Å². The molecule has 2 aromatic rings. The second kappa shape index (κ2) is 9.19. The van der Waals surface area contributed by atoms with E-state index in [1.54, 1.807) is 0 Å². The van der Waals surface area contributed by atoms with Crippen molar-refractivity contribution in [3.05, 3.63) is 43.5 Å². The first-order chi connectivity index (χ1) is 13.4. The third kappa shape index (κ3) is 4.81. The van der Waals surface area contributed by atoms with Gasteiger partial charge in [-0.1, -0.05) is 35.0 Å². The molecule has 0 radical (unpaired) electrons. The van der Waals surface area contributed by atoms with Gasteiger partial charge in [-0.25, -0.2) is 0 Å². The van der Waals surface area contributed by atoms with Crippen molar-refractivity contribution < 1.29 is 14.5 Å². The van der Waals surface area contributed by atoms with Crippen molar-refractivity contribution in [1.82, 2.24) is 15.6 Å². The monoisotopic (exact) mass is 460 g/mol. The fourth-order valence-electron chi connectivity index (χ4n) is 2.63. The van der Waals surface area contributed by atoms with Crippen molar-refractivity contribution in [3.63, 3.8) is 0 Å². The van der Waals surface area contributed by atoms with Gasteiger partial charge in [-0.2, -0.15) is 0 Å². The second-order valence-electron chi connectivity index (χ2n) is 5.92. The lowest BCUT2D eigenvalue weighted by Gasteiger charge is -2.21. The molecule has 28 heavy (non-hydrogen) atoms. The average molecular weight is 461 g/mol. The van der Waals surface area contributed by atoms with Gasteiger partial charge in [0.1, 0.15) is 9.09 Å². The van der Waals surface area contributed by atoms with Crippen LogP contribution in [0.25, 0.3) is 0 Å². The van der Waals surface area contributed by atoms with Gasteiger partial charge in [0.25, 0.3) is 11.6 Å². The topological polar surface area (TPSA) is 114 Å². The van der Waals surface area contributed by atoms with Crippen LogP contribution < -0.4 is 10.6 Å². The first kappa shape index (κ1) is 21.0. The lowest BCUT2D eigenvalue weighted by Crippen LogP contribution is -2.40. The van der Waals surface area contributed by atoms with Crippen LogP contribution in [0.3, 0.4) is 0 Å². The molecular weight excluding hydrogens is 447 g/mol. The number of hydrogen-bond acceptors (Lipinski definition) is 8. The summed E-state index contributed by atoms with van der Waals surface area (Å²) in [6.07, 6.45) is 4.04. The van der Waals surface area contributed by atoms with Crippen LogP contribution in [-0.4, -0.2) is 34.8 Å². The molecule has 12 heteroatoms. The Labute approximate surface area is 178 Å². The maximum atomic E-state index is 12.4. The number of nitrogens with zero attached hydrogens (tertiary/aromatic N) is 2. The van der Waals surface area contributed by atoms with E-state index in [-0.39, 0.29) is 36.6 Å². The number of aromatic nitrogens is 1. The van der Waals surface area contributed by atoms with Crippen molar-refractivity contribution in [2.45, 2.75) is 21.9 Å². The highest BCUT2D eigenvalue weighted by molar-refractivity contribution is 8.01. The van der Waals surface area contributed by atoms with Crippen LogP contribution in [0.2, 0.25) is 10.0 Å². The Hall–Kier alpha value is -1.72. The van der Waals surface area contributed by atoms with Gasteiger partial charge in [0.15, 0.2) is 0 Å². The first-order valence-corrected chi connectivity index (χ1v) is 10.6. The number of nitro groups is 1. The van der Waals surface area contributed by atoms with Gasteiger partial charge >= 0.3 is 0 Å². The number of pyridine rings is 1. The van der Waals surface area contributed by atoms with Crippen LogP contribution in [0, 0.1) is 16.0 Å². The predicted octanol–water partition coefficient (Wildman–Crippen LogP) is 3.77. The molecule has 2 N–H and O–H groups in total. The molecule has 0 atom stereocenters. The van der Waals surface area contributed by atoms with Gasteiger partial charge in [0.2, 0.25) is 5.91 Å². The molecule has 1 fully saturated rings. The molecule has 3 heterocycles. The molecule has 3 rings (SSSR count). The number of halogens is 2. The number of amides is 2. The molecular formula is C16H14Cl2N4O4S2. The Morgan fingerprint density at radius 1 is 1.29 bits per heavy atom. The minimum atomic E-state index is -0.657. The summed E-state index contributed by atoms with van der Waals surface area (Å²) in [5.41, 5.74) is -0.251. The zero-order valence-corrected chi connectivity index (χ0v) is 17.4. The predicted molar refractivity (Wildman–Crippen MR) is 107 cm³/mol. The quantitative estimate of drug-likeness (QED) is 0.396. The highest BCUT2D eigenvalue weighted by Crippen LogP contribution is 2.45. The molecule has 148 valence electrons. The molecule has 1 aliphatic heterocycles. The number of hydrogen-bond donors (Lipinski definition) is 2. The minimum absolute atomic E-state index is 0.0674. The molecule has 0 unspecified atom stereocenters. The van der Waals surface area contributed by atoms with Crippen molar-refractivity contribution in [2.75, 3.05) is 13.1 Å². The molecule has 0 spiro atoms. The van der Waals surface area contributed by atoms with Crippen LogP contribution in [-0.2, 0) is 4.79 Å². The van der Waals surface area contributed by atoms with E-state index in [0.717, 1.165) is 29.2 Å². The number of imide groups is 1. The maximum Gasteiger partial charge on any atom is 0.294 e. The van der Waals surface area contributed by atoms with Crippen molar-refractivity contribution >= 4 is 63.8 Å². The summed E-state index contributed by atoms with van der Waals surface area (Å²) >= 11 is 14.0. The van der Waals surface area contributed by atoms with E-state index >= 15 is 0 Å². The highest BCUT2D eigenvalue weighted by Gasteiger charge is 2.27. The van der Waals surface area contributed by atoms with E-state index in [9.17, 15) is 19.7 Å². The van der Waals surface area contributed by atoms with Crippen LogP contribution in [0.1, 0.15) is 22.5 Å². The van der Waals surface area contributed by atoms with E-state index in [2.05, 4.69) is 15.6 Å². The van der Waals surface area contributed by atoms with Gasteiger partial charge in [-0.15, -0.1) is 11.3 Å². The maximum absolute atomic E-state index is 12.4. The molecule has 1 aliphatic rings. The van der Waals surface area contributed by atoms with Crippen LogP contribution in [0.4, 0.5) is 5.69 Å². The van der Waals surface area contributed by atoms with E-state index < -0.39 is 10.8 Å². The summed E-state index contributed by atoms with van der Waals surface area (Å²) in [6.45, 7) is 1.43. The SMILES string of the molecule is O=C(NC(=O)C1CCNCC1)c1cc([N+](=O)[O-])c(Sc2c(Cl)cncc2Cl)s1. The second-order valence-corrected chi connectivity index (χ2v) is 9.06. The van der Waals surface area contributed by atoms with E-state index in [1.807, 2.05) is 0 Å². The first-order valence-electron chi connectivity index (χ1n) is 8.17. The highest BCUT2D eigenvalue weighted by atomic mass is 35.5. The lowest BCUT2D eigenvalue weighted by molar-refractivity contribution is -0.387. The largest absolute Gasteiger partial charge is 0.317 e. The number of carbonyl (C=O) groups excluding carboxylic acids is 2. The summed E-state index contributed by atoms with van der Waals surface area (Å²) in [6, 6.07) is 1.15. The molecule has 0 saturated carbocycles. The molecule has 0 bridgehead atoms. The van der Waals surface area contributed by atoms with Gasteiger partial charge in [0.05, 0.1) is 19.9 Å². The zero-order valence-electron chi connectivity index (χ0n) is 14.2. The molecule has 2 aromatic heterocycles. The Balaban J connectivity index is 1.81. The van der Waals surface area contributed by atoms with Gasteiger partial charge in [-0.05, 0) is 25.9 Å². The smallest absolute Gasteiger partial charge is 0.294 e. The van der Waals surface area contributed by atoms with Gasteiger partial charge < -0.3 is 5.32 Å². The van der Waals surface area contributed by atoms with Crippen LogP contribution in [0.5, 0.6) is 0 Å². The summed E-state index contributed by atoms with van der Waals surface area (Å²) in [5.74, 6) is -1.27. The number of thiophene rings is 1. The van der Waals surface area contributed by atoms with Crippen molar-refractivity contribution in [2.24, 2.45) is 5.92 Å². The molecule has 2 amide bonds. The third-order valence-corrected chi connectivity index (χ3v) is 7.30. The summed E-state index contributed by atoms with van der Waals surface area (Å²) in [4.78, 5) is 39.8. The minimum Gasteiger partial charge on any atom is -0.317 e. The van der Waals surface area contributed by atoms with E-state index in [1.165, 1.54) is 12.4 Å². The van der Waals surface area contributed by atoms with Gasteiger partial charge in [0, 0.05) is 24.4 Å². The standard InChI is InChI=1S/C16H14Cl2N4O4S2/c17-9-6-20-7-10(18)13(9)28-16-11(22(25)26)5-12(27-16)15(24)21-14(23)8-1-3-19-4-2-8/h5-8,19H,1-4H2,(H,21,23,24). The zero-order chi connectivity index (χ0) is 20.3. The van der Waals surface area contributed by atoms with Crippen LogP contribution in [0.15, 0.2) is 27.6 Å². The molecule has 0 aliphatic carbocycles. The fourth-order valence-corrected chi connectivity index (χ4v) is 5.38. The van der Waals surface area contributed by atoms with Crippen LogP contribution >= 0.6 is 46.3 Å². The molecule has 8 nitrogen and oxygen atoms in total. The summed E-state index contributed by atoms with van der Waals surface area (Å²) < 4.78 is 0.236. The Morgan fingerprint density at radius 2 is 1.93 bits per heavy atom. The van der Waals surface area contributed by atoms with E-state index in [0.29, 0.717) is 30.8 Å².